The highest BCUT2D eigenvalue weighted by Crippen LogP contribution is 2.44. The number of aromatic nitrogens is 3. The topological polar surface area (TPSA) is 38.7 Å². The molecule has 9 rings (SSSR count). The Morgan fingerprint density at radius 2 is 0.720 bits per heavy atom. The molecule has 3 nitrogen and oxygen atoms in total. The van der Waals surface area contributed by atoms with Gasteiger partial charge in [0.15, 0.2) is 17.5 Å². The molecule has 0 saturated heterocycles. The van der Waals surface area contributed by atoms with Gasteiger partial charge in [0.25, 0.3) is 0 Å². The smallest absolute Gasteiger partial charge is 0.164 e. The minimum absolute atomic E-state index is 0. The predicted molar refractivity (Wildman–Crippen MR) is 207 cm³/mol. The SMILES string of the molecule is C.c1ccc(-c2ccc(-c3cc(-c4nc(-c5ccccc5)nc(-c5ccccc5)n4)cc(-c4cccc5c4-c4ccccc4C5)c3)cc2)cc1. The normalized spacial score (nSPS) is 11.4. The van der Waals surface area contributed by atoms with E-state index in [9.17, 15) is 0 Å². The number of benzene rings is 7. The Hall–Kier alpha value is -6.45. The first kappa shape index (κ1) is 30.9. The van der Waals surface area contributed by atoms with Gasteiger partial charge in [0.05, 0.1) is 0 Å². The third-order valence-corrected chi connectivity index (χ3v) is 9.35. The molecule has 7 aromatic carbocycles. The summed E-state index contributed by atoms with van der Waals surface area (Å²) in [5.74, 6) is 1.95. The quantitative estimate of drug-likeness (QED) is 0.181. The Morgan fingerprint density at radius 3 is 1.34 bits per heavy atom. The molecular weight excluding hydrogens is 607 g/mol. The fraction of sp³-hybridized carbons (Fsp3) is 0.0426. The lowest BCUT2D eigenvalue weighted by atomic mass is 9.90. The molecular formula is C47H35N3. The highest BCUT2D eigenvalue weighted by Gasteiger charge is 2.23. The van der Waals surface area contributed by atoms with Gasteiger partial charge in [0, 0.05) is 16.7 Å². The van der Waals surface area contributed by atoms with Gasteiger partial charge in [-0.25, -0.2) is 15.0 Å². The van der Waals surface area contributed by atoms with E-state index in [1.165, 1.54) is 38.9 Å². The maximum atomic E-state index is 5.11. The molecule has 1 aromatic heterocycles. The number of rotatable bonds is 6. The average molecular weight is 642 g/mol. The van der Waals surface area contributed by atoms with Gasteiger partial charge in [0.1, 0.15) is 0 Å². The van der Waals surface area contributed by atoms with Crippen LogP contribution in [0.2, 0.25) is 0 Å². The maximum Gasteiger partial charge on any atom is 0.164 e. The Labute approximate surface area is 293 Å². The number of nitrogens with zero attached hydrogens (tertiary/aromatic N) is 3. The molecule has 0 amide bonds. The lowest BCUT2D eigenvalue weighted by Crippen LogP contribution is -2.00. The minimum atomic E-state index is 0. The molecule has 50 heavy (non-hydrogen) atoms. The van der Waals surface area contributed by atoms with Crippen LogP contribution >= 0.6 is 0 Å². The monoisotopic (exact) mass is 641 g/mol. The summed E-state index contributed by atoms with van der Waals surface area (Å²) in [6.07, 6.45) is 0.946. The van der Waals surface area contributed by atoms with E-state index >= 15 is 0 Å². The number of hydrogen-bond donors (Lipinski definition) is 0. The van der Waals surface area contributed by atoms with Crippen LogP contribution in [0.5, 0.6) is 0 Å². The highest BCUT2D eigenvalue weighted by molar-refractivity contribution is 5.93. The molecule has 0 fully saturated rings. The van der Waals surface area contributed by atoms with Gasteiger partial charge in [-0.2, -0.15) is 0 Å². The van der Waals surface area contributed by atoms with Gasteiger partial charge in [-0.1, -0.05) is 165 Å². The summed E-state index contributed by atoms with van der Waals surface area (Å²) in [5, 5.41) is 0. The van der Waals surface area contributed by atoms with Crippen molar-refractivity contribution in [1.82, 2.24) is 15.0 Å². The first-order chi connectivity index (χ1) is 24.3. The van der Waals surface area contributed by atoms with Crippen molar-refractivity contribution in [1.29, 1.82) is 0 Å². The molecule has 0 aliphatic heterocycles. The van der Waals surface area contributed by atoms with Gasteiger partial charge in [-0.05, 0) is 80.3 Å². The van der Waals surface area contributed by atoms with Crippen molar-refractivity contribution in [2.24, 2.45) is 0 Å². The van der Waals surface area contributed by atoms with E-state index in [-0.39, 0.29) is 7.43 Å². The summed E-state index contributed by atoms with van der Waals surface area (Å²) in [6.45, 7) is 0. The number of fused-ring (bicyclic) bond motifs is 3. The van der Waals surface area contributed by atoms with Gasteiger partial charge >= 0.3 is 0 Å². The van der Waals surface area contributed by atoms with Crippen molar-refractivity contribution < 1.29 is 0 Å². The Balaban J connectivity index is 0.00000361. The van der Waals surface area contributed by atoms with Crippen molar-refractivity contribution in [2.75, 3.05) is 0 Å². The van der Waals surface area contributed by atoms with Crippen molar-refractivity contribution in [3.63, 3.8) is 0 Å². The summed E-state index contributed by atoms with van der Waals surface area (Å²) in [5.41, 5.74) is 15.2. The van der Waals surface area contributed by atoms with Crippen LogP contribution in [-0.2, 0) is 6.42 Å². The van der Waals surface area contributed by atoms with Crippen molar-refractivity contribution in [3.05, 3.63) is 187 Å². The average Bonchev–Trinajstić information content (AvgIpc) is 3.58. The van der Waals surface area contributed by atoms with Crippen LogP contribution in [0.4, 0.5) is 0 Å². The fourth-order valence-corrected chi connectivity index (χ4v) is 6.93. The van der Waals surface area contributed by atoms with E-state index in [1.807, 2.05) is 36.4 Å². The number of hydrogen-bond acceptors (Lipinski definition) is 3. The zero-order valence-electron chi connectivity index (χ0n) is 26.8. The summed E-state index contributed by atoms with van der Waals surface area (Å²) in [7, 11) is 0. The summed E-state index contributed by atoms with van der Waals surface area (Å²) >= 11 is 0. The molecule has 1 aliphatic rings. The molecule has 0 saturated carbocycles. The van der Waals surface area contributed by atoms with E-state index < -0.39 is 0 Å². The van der Waals surface area contributed by atoms with Crippen LogP contribution in [-0.4, -0.2) is 15.0 Å². The Bertz CT molecular complexity index is 2380. The van der Waals surface area contributed by atoms with Gasteiger partial charge < -0.3 is 0 Å². The summed E-state index contributed by atoms with van der Waals surface area (Å²) in [6, 6.07) is 61.9. The van der Waals surface area contributed by atoms with Crippen LogP contribution in [0.3, 0.4) is 0 Å². The lowest BCUT2D eigenvalue weighted by molar-refractivity contribution is 1.07. The lowest BCUT2D eigenvalue weighted by Gasteiger charge is -2.15. The second-order valence-corrected chi connectivity index (χ2v) is 12.5. The van der Waals surface area contributed by atoms with Crippen molar-refractivity contribution in [3.8, 4) is 78.7 Å². The van der Waals surface area contributed by atoms with Crippen LogP contribution in [0, 0.1) is 0 Å². The van der Waals surface area contributed by atoms with Crippen LogP contribution < -0.4 is 0 Å². The van der Waals surface area contributed by atoms with Crippen molar-refractivity contribution >= 4 is 0 Å². The van der Waals surface area contributed by atoms with Gasteiger partial charge in [-0.3, -0.25) is 0 Å². The second kappa shape index (κ2) is 13.2. The van der Waals surface area contributed by atoms with E-state index in [2.05, 4.69) is 140 Å². The fourth-order valence-electron chi connectivity index (χ4n) is 6.93. The predicted octanol–water partition coefficient (Wildman–Crippen LogP) is 12.1. The zero-order chi connectivity index (χ0) is 32.6. The standard InChI is InChI=1S/C46H31N3.CH4/c1-4-13-31(14-5-1)32-23-25-33(26-24-32)38-28-39(42-22-12-20-37-27-36-19-10-11-21-41(36)43(37)42)30-40(29-38)46-48-44(34-15-6-2-7-16-34)47-45(49-46)35-17-8-3-9-18-35;/h1-26,28-30H,27H2;1H4. The van der Waals surface area contributed by atoms with Gasteiger partial charge in [-0.15, -0.1) is 0 Å². The third-order valence-electron chi connectivity index (χ3n) is 9.35. The summed E-state index contributed by atoms with van der Waals surface area (Å²) < 4.78 is 0. The summed E-state index contributed by atoms with van der Waals surface area (Å²) in [4.78, 5) is 15.2. The first-order valence-electron chi connectivity index (χ1n) is 16.7. The first-order valence-corrected chi connectivity index (χ1v) is 16.7. The Kier molecular flexibility index (Phi) is 8.16. The third kappa shape index (κ3) is 5.80. The van der Waals surface area contributed by atoms with Crippen molar-refractivity contribution in [2.45, 2.75) is 13.8 Å². The minimum Gasteiger partial charge on any atom is -0.208 e. The molecule has 238 valence electrons. The molecule has 0 atom stereocenters. The molecule has 0 N–H and O–H groups in total. The second-order valence-electron chi connectivity index (χ2n) is 12.5. The van der Waals surface area contributed by atoms with Gasteiger partial charge in [0.2, 0.25) is 0 Å². The van der Waals surface area contributed by atoms with Crippen LogP contribution in [0.1, 0.15) is 18.6 Å². The molecule has 0 spiro atoms. The van der Waals surface area contributed by atoms with Crippen LogP contribution in [0.25, 0.3) is 78.7 Å². The van der Waals surface area contributed by atoms with E-state index in [0.29, 0.717) is 17.5 Å². The Morgan fingerprint density at radius 1 is 0.300 bits per heavy atom. The van der Waals surface area contributed by atoms with E-state index in [1.54, 1.807) is 0 Å². The zero-order valence-corrected chi connectivity index (χ0v) is 26.8. The maximum absolute atomic E-state index is 5.11. The largest absolute Gasteiger partial charge is 0.208 e. The molecule has 0 radical (unpaired) electrons. The molecule has 0 unspecified atom stereocenters. The molecule has 8 aromatic rings. The molecule has 1 heterocycles. The van der Waals surface area contributed by atoms with E-state index in [0.717, 1.165) is 39.8 Å². The molecule has 1 aliphatic carbocycles. The highest BCUT2D eigenvalue weighted by atomic mass is 15.0. The molecule has 3 heteroatoms. The van der Waals surface area contributed by atoms with Crippen LogP contribution in [0.15, 0.2) is 176 Å². The van der Waals surface area contributed by atoms with E-state index in [4.69, 9.17) is 15.0 Å². The molecule has 0 bridgehead atoms.